The molecule has 0 aliphatic rings. The SMILES string of the molecule is Cl.Cl.NNCc1ccccn1. The minimum absolute atomic E-state index is 0. The zero-order valence-corrected chi connectivity index (χ0v) is 7.49. The van der Waals surface area contributed by atoms with Crippen LogP contribution >= 0.6 is 24.8 Å². The molecule has 3 N–H and O–H groups in total. The molecule has 0 atom stereocenters. The van der Waals surface area contributed by atoms with E-state index in [4.69, 9.17) is 5.84 Å². The Bertz CT molecular complexity index is 169. The van der Waals surface area contributed by atoms with Crippen molar-refractivity contribution in [3.63, 3.8) is 0 Å². The minimum Gasteiger partial charge on any atom is -0.271 e. The molecule has 1 rings (SSSR count). The second-order valence-electron chi connectivity index (χ2n) is 1.70. The smallest absolute Gasteiger partial charge is 0.0555 e. The van der Waals surface area contributed by atoms with Crippen LogP contribution in [0.5, 0.6) is 0 Å². The van der Waals surface area contributed by atoms with Crippen molar-refractivity contribution in [1.29, 1.82) is 0 Å². The van der Waals surface area contributed by atoms with E-state index < -0.39 is 0 Å². The van der Waals surface area contributed by atoms with Crippen molar-refractivity contribution >= 4 is 24.8 Å². The van der Waals surface area contributed by atoms with Crippen LogP contribution in [0.1, 0.15) is 5.69 Å². The van der Waals surface area contributed by atoms with Crippen molar-refractivity contribution in [3.05, 3.63) is 30.1 Å². The third-order valence-electron chi connectivity index (χ3n) is 1.01. The quantitative estimate of drug-likeness (QED) is 0.545. The fourth-order valence-electron chi connectivity index (χ4n) is 0.607. The van der Waals surface area contributed by atoms with Gasteiger partial charge in [0.1, 0.15) is 0 Å². The number of nitrogens with one attached hydrogen (secondary N) is 1. The summed E-state index contributed by atoms with van der Waals surface area (Å²) in [5.41, 5.74) is 3.48. The van der Waals surface area contributed by atoms with E-state index in [0.717, 1.165) is 5.69 Å². The van der Waals surface area contributed by atoms with Gasteiger partial charge < -0.3 is 0 Å². The molecule has 3 nitrogen and oxygen atoms in total. The molecule has 0 unspecified atom stereocenters. The van der Waals surface area contributed by atoms with Gasteiger partial charge in [0.15, 0.2) is 0 Å². The molecule has 0 aromatic carbocycles. The maximum atomic E-state index is 5.07. The van der Waals surface area contributed by atoms with Crippen LogP contribution in [0, 0.1) is 0 Å². The highest BCUT2D eigenvalue weighted by atomic mass is 35.5. The van der Waals surface area contributed by atoms with Gasteiger partial charge in [-0.25, -0.2) is 0 Å². The van der Waals surface area contributed by atoms with Crippen LogP contribution in [0.25, 0.3) is 0 Å². The van der Waals surface area contributed by atoms with Crippen molar-refractivity contribution in [1.82, 2.24) is 10.4 Å². The minimum atomic E-state index is 0. The highest BCUT2D eigenvalue weighted by molar-refractivity contribution is 5.85. The molecule has 0 radical (unpaired) electrons. The molecule has 0 spiro atoms. The Balaban J connectivity index is 0. The van der Waals surface area contributed by atoms with Gasteiger partial charge in [-0.15, -0.1) is 24.8 Å². The van der Waals surface area contributed by atoms with Crippen LogP contribution in [0.15, 0.2) is 24.4 Å². The van der Waals surface area contributed by atoms with Gasteiger partial charge in [0.2, 0.25) is 0 Å². The summed E-state index contributed by atoms with van der Waals surface area (Å²) in [6, 6.07) is 5.72. The number of nitrogens with two attached hydrogens (primary N) is 1. The first-order valence-corrected chi connectivity index (χ1v) is 2.77. The number of halogens is 2. The van der Waals surface area contributed by atoms with E-state index in [-0.39, 0.29) is 24.8 Å². The third-order valence-corrected chi connectivity index (χ3v) is 1.01. The predicted octanol–water partition coefficient (Wildman–Crippen LogP) is 0.889. The molecule has 0 fully saturated rings. The van der Waals surface area contributed by atoms with Gasteiger partial charge in [0.25, 0.3) is 0 Å². The second-order valence-corrected chi connectivity index (χ2v) is 1.70. The van der Waals surface area contributed by atoms with Crippen LogP contribution in [0.4, 0.5) is 0 Å². The maximum absolute atomic E-state index is 5.07. The Labute approximate surface area is 78.2 Å². The molecular formula is C6H11Cl2N3. The molecule has 0 aliphatic heterocycles. The standard InChI is InChI=1S/C6H9N3.2ClH/c7-9-5-6-3-1-2-4-8-6;;/h1-4,9H,5,7H2;2*1H. The van der Waals surface area contributed by atoms with Crippen LogP contribution in [0.3, 0.4) is 0 Å². The van der Waals surface area contributed by atoms with E-state index in [9.17, 15) is 0 Å². The summed E-state index contributed by atoms with van der Waals surface area (Å²) in [6.45, 7) is 0.626. The van der Waals surface area contributed by atoms with Crippen molar-refractivity contribution in [2.75, 3.05) is 0 Å². The first-order valence-electron chi connectivity index (χ1n) is 2.77. The predicted molar refractivity (Wildman–Crippen MR) is 49.8 cm³/mol. The van der Waals surface area contributed by atoms with E-state index in [2.05, 4.69) is 10.4 Å². The van der Waals surface area contributed by atoms with Gasteiger partial charge in [-0.2, -0.15) is 0 Å². The largest absolute Gasteiger partial charge is 0.271 e. The van der Waals surface area contributed by atoms with Crippen LogP contribution < -0.4 is 11.3 Å². The fourth-order valence-corrected chi connectivity index (χ4v) is 0.607. The summed E-state index contributed by atoms with van der Waals surface area (Å²) in [5, 5.41) is 0. The summed E-state index contributed by atoms with van der Waals surface area (Å²) >= 11 is 0. The van der Waals surface area contributed by atoms with Gasteiger partial charge in [-0.1, -0.05) is 6.07 Å². The van der Waals surface area contributed by atoms with Gasteiger partial charge in [0.05, 0.1) is 12.2 Å². The van der Waals surface area contributed by atoms with Gasteiger partial charge in [-0.3, -0.25) is 16.3 Å². The molecule has 0 bridgehead atoms. The highest BCUT2D eigenvalue weighted by Gasteiger charge is 1.85. The first-order chi connectivity index (χ1) is 4.43. The number of pyridine rings is 1. The lowest BCUT2D eigenvalue weighted by molar-refractivity contribution is 0.723. The van der Waals surface area contributed by atoms with Crippen molar-refractivity contribution in [3.8, 4) is 0 Å². The molecule has 64 valence electrons. The van der Waals surface area contributed by atoms with Crippen molar-refractivity contribution in [2.45, 2.75) is 6.54 Å². The molecule has 0 saturated heterocycles. The molecule has 0 aliphatic carbocycles. The first kappa shape index (κ1) is 13.3. The van der Waals surface area contributed by atoms with E-state index in [1.54, 1.807) is 6.20 Å². The van der Waals surface area contributed by atoms with Crippen LogP contribution in [0.2, 0.25) is 0 Å². The van der Waals surface area contributed by atoms with Crippen LogP contribution in [-0.2, 0) is 6.54 Å². The average Bonchev–Trinajstić information content (AvgIpc) is 1.91. The molecule has 5 heteroatoms. The summed E-state index contributed by atoms with van der Waals surface area (Å²) in [5.74, 6) is 5.07. The van der Waals surface area contributed by atoms with Gasteiger partial charge >= 0.3 is 0 Å². The lowest BCUT2D eigenvalue weighted by Gasteiger charge is -1.94. The summed E-state index contributed by atoms with van der Waals surface area (Å²) < 4.78 is 0. The Kier molecular flexibility index (Phi) is 9.34. The Morgan fingerprint density at radius 3 is 2.55 bits per heavy atom. The molecule has 11 heavy (non-hydrogen) atoms. The van der Waals surface area contributed by atoms with Gasteiger partial charge in [0, 0.05) is 6.20 Å². The van der Waals surface area contributed by atoms with E-state index in [1.807, 2.05) is 18.2 Å². The Morgan fingerprint density at radius 1 is 1.36 bits per heavy atom. The molecule has 1 heterocycles. The number of hydrogen-bond donors (Lipinski definition) is 2. The molecule has 1 aromatic rings. The molecule has 0 saturated carbocycles. The van der Waals surface area contributed by atoms with Gasteiger partial charge in [-0.05, 0) is 12.1 Å². The zero-order valence-electron chi connectivity index (χ0n) is 5.86. The highest BCUT2D eigenvalue weighted by Crippen LogP contribution is 1.89. The van der Waals surface area contributed by atoms with E-state index >= 15 is 0 Å². The van der Waals surface area contributed by atoms with E-state index in [0.29, 0.717) is 6.54 Å². The lowest BCUT2D eigenvalue weighted by atomic mass is 10.4. The number of rotatable bonds is 2. The number of nitrogens with zero attached hydrogens (tertiary/aromatic N) is 1. The van der Waals surface area contributed by atoms with E-state index in [1.165, 1.54) is 0 Å². The van der Waals surface area contributed by atoms with Crippen molar-refractivity contribution < 1.29 is 0 Å². The summed E-state index contributed by atoms with van der Waals surface area (Å²) in [6.07, 6.45) is 1.74. The Hall–Kier alpha value is -0.350. The average molecular weight is 196 g/mol. The zero-order chi connectivity index (χ0) is 6.53. The Morgan fingerprint density at radius 2 is 2.09 bits per heavy atom. The van der Waals surface area contributed by atoms with Crippen LogP contribution in [-0.4, -0.2) is 4.98 Å². The molecule has 0 amide bonds. The monoisotopic (exact) mass is 195 g/mol. The maximum Gasteiger partial charge on any atom is 0.0555 e. The summed E-state index contributed by atoms with van der Waals surface area (Å²) in [7, 11) is 0. The number of hydrogen-bond acceptors (Lipinski definition) is 3. The number of hydrazine groups is 1. The fraction of sp³-hybridized carbons (Fsp3) is 0.167. The topological polar surface area (TPSA) is 50.9 Å². The number of aromatic nitrogens is 1. The third kappa shape index (κ3) is 4.98. The summed E-state index contributed by atoms with van der Waals surface area (Å²) in [4.78, 5) is 4.03. The molecular weight excluding hydrogens is 185 g/mol. The second kappa shape index (κ2) is 7.75. The van der Waals surface area contributed by atoms with Crippen molar-refractivity contribution in [2.24, 2.45) is 5.84 Å². The lowest BCUT2D eigenvalue weighted by Crippen LogP contribution is -2.21. The normalized spacial score (nSPS) is 7.73. The molecule has 1 aromatic heterocycles.